The molecule has 1 aliphatic rings. The first-order valence-electron chi connectivity index (χ1n) is 8.46. The Hall–Kier alpha value is -3.08. The zero-order valence-electron chi connectivity index (χ0n) is 15.3. The normalized spacial score (nSPS) is 14.2. The van der Waals surface area contributed by atoms with Gasteiger partial charge in [0, 0.05) is 32.3 Å². The van der Waals surface area contributed by atoms with Gasteiger partial charge in [-0.3, -0.25) is 9.59 Å². The number of carbonyl (C=O) groups excluding carboxylic acids is 2. The molecule has 26 heavy (non-hydrogen) atoms. The number of allylic oxidation sites excluding steroid dienone is 1. The molecule has 2 aromatic carbocycles. The summed E-state index contributed by atoms with van der Waals surface area (Å²) in [6.45, 7) is 3.53. The van der Waals surface area contributed by atoms with E-state index in [9.17, 15) is 9.59 Å². The average molecular weight is 351 g/mol. The maximum absolute atomic E-state index is 12.7. The molecule has 1 heterocycles. The number of fused-ring (bicyclic) bond motifs is 1. The van der Waals surface area contributed by atoms with E-state index in [2.05, 4.69) is 0 Å². The maximum Gasteiger partial charge on any atom is 0.310 e. The highest BCUT2D eigenvalue weighted by atomic mass is 16.5. The summed E-state index contributed by atoms with van der Waals surface area (Å²) in [7, 11) is 3.94. The Morgan fingerprint density at radius 1 is 1.19 bits per heavy atom. The van der Waals surface area contributed by atoms with Crippen LogP contribution in [0.15, 0.2) is 42.2 Å². The van der Waals surface area contributed by atoms with E-state index in [4.69, 9.17) is 9.47 Å². The van der Waals surface area contributed by atoms with Crippen LogP contribution in [0.4, 0.5) is 5.69 Å². The SMILES string of the molecule is CCC(=O)Oc1cc(C)c2c(c1)O/C(=C\c1ccc(N(C)C)cc1)C2=O. The van der Waals surface area contributed by atoms with Crippen LogP contribution in [0.3, 0.4) is 0 Å². The number of rotatable bonds is 4. The molecule has 1 aliphatic heterocycles. The highest BCUT2D eigenvalue weighted by molar-refractivity contribution is 6.15. The molecular weight excluding hydrogens is 330 g/mol. The minimum absolute atomic E-state index is 0.164. The molecule has 0 saturated carbocycles. The van der Waals surface area contributed by atoms with Crippen LogP contribution in [0.5, 0.6) is 11.5 Å². The van der Waals surface area contributed by atoms with Crippen molar-refractivity contribution in [3.8, 4) is 11.5 Å². The van der Waals surface area contributed by atoms with Crippen LogP contribution in [0, 0.1) is 6.92 Å². The third kappa shape index (κ3) is 3.47. The van der Waals surface area contributed by atoms with E-state index >= 15 is 0 Å². The van der Waals surface area contributed by atoms with Crippen molar-refractivity contribution in [2.45, 2.75) is 20.3 Å². The van der Waals surface area contributed by atoms with Gasteiger partial charge in [0.15, 0.2) is 5.76 Å². The van der Waals surface area contributed by atoms with Gasteiger partial charge in [-0.05, 0) is 42.3 Å². The molecule has 0 N–H and O–H groups in total. The minimum Gasteiger partial charge on any atom is -0.452 e. The third-order valence-electron chi connectivity index (χ3n) is 4.17. The van der Waals surface area contributed by atoms with Gasteiger partial charge in [0.2, 0.25) is 5.78 Å². The first-order chi connectivity index (χ1) is 12.4. The van der Waals surface area contributed by atoms with E-state index in [1.165, 1.54) is 0 Å². The summed E-state index contributed by atoms with van der Waals surface area (Å²) in [4.78, 5) is 26.2. The maximum atomic E-state index is 12.7. The van der Waals surface area contributed by atoms with Crippen molar-refractivity contribution >= 4 is 23.5 Å². The second kappa shape index (κ2) is 7.04. The third-order valence-corrected chi connectivity index (χ3v) is 4.17. The highest BCUT2D eigenvalue weighted by Crippen LogP contribution is 2.37. The van der Waals surface area contributed by atoms with Crippen LogP contribution >= 0.6 is 0 Å². The minimum atomic E-state index is -0.328. The van der Waals surface area contributed by atoms with Crippen molar-refractivity contribution in [2.24, 2.45) is 0 Å². The number of ether oxygens (including phenoxy) is 2. The number of Topliss-reactive ketones (excluding diaryl/α,β-unsaturated/α-hetero) is 1. The van der Waals surface area contributed by atoms with Crippen LogP contribution in [0.2, 0.25) is 0 Å². The molecular formula is C21H21NO4. The molecule has 0 aliphatic carbocycles. The van der Waals surface area contributed by atoms with Crippen molar-refractivity contribution in [3.05, 3.63) is 58.8 Å². The molecule has 0 aromatic heterocycles. The van der Waals surface area contributed by atoms with Gasteiger partial charge in [-0.15, -0.1) is 0 Å². The van der Waals surface area contributed by atoms with Gasteiger partial charge in [-0.2, -0.15) is 0 Å². The van der Waals surface area contributed by atoms with Gasteiger partial charge < -0.3 is 14.4 Å². The Labute approximate surface area is 152 Å². The fourth-order valence-electron chi connectivity index (χ4n) is 2.76. The van der Waals surface area contributed by atoms with Crippen LogP contribution in [-0.2, 0) is 4.79 Å². The Balaban J connectivity index is 1.89. The molecule has 5 nitrogen and oxygen atoms in total. The van der Waals surface area contributed by atoms with Crippen molar-refractivity contribution in [1.29, 1.82) is 0 Å². The molecule has 134 valence electrons. The standard InChI is InChI=1S/C21H21NO4/c1-5-19(23)25-16-10-13(2)20-17(12-16)26-18(21(20)24)11-14-6-8-15(9-7-14)22(3)4/h6-12H,5H2,1-4H3/b18-11-. The van der Waals surface area contributed by atoms with E-state index < -0.39 is 0 Å². The average Bonchev–Trinajstić information content (AvgIpc) is 2.91. The number of nitrogens with zero attached hydrogens (tertiary/aromatic N) is 1. The molecule has 0 amide bonds. The van der Waals surface area contributed by atoms with E-state index in [0.29, 0.717) is 17.1 Å². The highest BCUT2D eigenvalue weighted by Gasteiger charge is 2.30. The number of aryl methyl sites for hydroxylation is 1. The Bertz CT molecular complexity index is 895. The van der Waals surface area contributed by atoms with Gasteiger partial charge in [-0.25, -0.2) is 0 Å². The quantitative estimate of drug-likeness (QED) is 0.473. The Kier molecular flexibility index (Phi) is 4.80. The van der Waals surface area contributed by atoms with Crippen molar-refractivity contribution in [1.82, 2.24) is 0 Å². The fraction of sp³-hybridized carbons (Fsp3) is 0.238. The van der Waals surface area contributed by atoms with Crippen LogP contribution in [-0.4, -0.2) is 25.8 Å². The summed E-state index contributed by atoms with van der Waals surface area (Å²) < 4.78 is 11.0. The number of esters is 1. The number of hydrogen-bond donors (Lipinski definition) is 0. The predicted molar refractivity (Wildman–Crippen MR) is 101 cm³/mol. The molecule has 0 saturated heterocycles. The van der Waals surface area contributed by atoms with Gasteiger partial charge in [0.25, 0.3) is 0 Å². The topological polar surface area (TPSA) is 55.8 Å². The van der Waals surface area contributed by atoms with E-state index in [1.807, 2.05) is 43.3 Å². The molecule has 0 atom stereocenters. The molecule has 2 aromatic rings. The molecule has 5 heteroatoms. The molecule has 0 fully saturated rings. The summed E-state index contributed by atoms with van der Waals surface area (Å²) in [6, 6.07) is 11.1. The summed E-state index contributed by atoms with van der Waals surface area (Å²) in [5.41, 5.74) is 3.18. The van der Waals surface area contributed by atoms with E-state index in [1.54, 1.807) is 32.1 Å². The molecule has 0 unspecified atom stereocenters. The largest absolute Gasteiger partial charge is 0.452 e. The zero-order valence-corrected chi connectivity index (χ0v) is 15.3. The Morgan fingerprint density at radius 2 is 1.88 bits per heavy atom. The van der Waals surface area contributed by atoms with E-state index in [0.717, 1.165) is 16.8 Å². The van der Waals surface area contributed by atoms with Gasteiger partial charge in [-0.1, -0.05) is 19.1 Å². The second-order valence-electron chi connectivity index (χ2n) is 6.37. The molecule has 0 radical (unpaired) electrons. The van der Waals surface area contributed by atoms with Crippen LogP contribution in [0.1, 0.15) is 34.8 Å². The fourth-order valence-corrected chi connectivity index (χ4v) is 2.76. The van der Waals surface area contributed by atoms with Crippen molar-refractivity contribution < 1.29 is 19.1 Å². The van der Waals surface area contributed by atoms with Gasteiger partial charge in [0.05, 0.1) is 5.56 Å². The number of ketones is 1. The van der Waals surface area contributed by atoms with Crippen LogP contribution < -0.4 is 14.4 Å². The number of anilines is 1. The lowest BCUT2D eigenvalue weighted by atomic mass is 10.0. The zero-order chi connectivity index (χ0) is 18.8. The lowest BCUT2D eigenvalue weighted by Crippen LogP contribution is -2.08. The van der Waals surface area contributed by atoms with Crippen molar-refractivity contribution in [2.75, 3.05) is 19.0 Å². The van der Waals surface area contributed by atoms with Crippen LogP contribution in [0.25, 0.3) is 6.08 Å². The van der Waals surface area contributed by atoms with Crippen molar-refractivity contribution in [3.63, 3.8) is 0 Å². The molecule has 0 spiro atoms. The first kappa shape index (κ1) is 17.7. The predicted octanol–water partition coefficient (Wildman–Crippen LogP) is 3.99. The summed E-state index contributed by atoms with van der Waals surface area (Å²) >= 11 is 0. The van der Waals surface area contributed by atoms with Gasteiger partial charge >= 0.3 is 5.97 Å². The Morgan fingerprint density at radius 3 is 2.50 bits per heavy atom. The van der Waals surface area contributed by atoms with Gasteiger partial charge in [0.1, 0.15) is 11.5 Å². The first-order valence-corrected chi connectivity index (χ1v) is 8.46. The summed E-state index contributed by atoms with van der Waals surface area (Å²) in [5.74, 6) is 0.579. The number of carbonyl (C=O) groups is 2. The summed E-state index contributed by atoms with van der Waals surface area (Å²) in [6.07, 6.45) is 2.00. The molecule has 3 rings (SSSR count). The number of hydrogen-bond acceptors (Lipinski definition) is 5. The second-order valence-corrected chi connectivity index (χ2v) is 6.37. The van der Waals surface area contributed by atoms with E-state index in [-0.39, 0.29) is 23.9 Å². The lowest BCUT2D eigenvalue weighted by molar-refractivity contribution is -0.134. The summed E-state index contributed by atoms with van der Waals surface area (Å²) in [5, 5.41) is 0. The lowest BCUT2D eigenvalue weighted by Gasteiger charge is -2.11. The number of benzene rings is 2. The smallest absolute Gasteiger partial charge is 0.310 e. The monoisotopic (exact) mass is 351 g/mol. The molecule has 0 bridgehead atoms.